The smallest absolute Gasteiger partial charge is 0.154 e. The summed E-state index contributed by atoms with van der Waals surface area (Å²) in [6.45, 7) is 0. The molecule has 0 aliphatic heterocycles. The third kappa shape index (κ3) is 3.60. The predicted molar refractivity (Wildman–Crippen MR) is 190 cm³/mol. The average molecular weight is 588 g/mol. The van der Waals surface area contributed by atoms with Crippen LogP contribution in [0.15, 0.2) is 163 Å². The van der Waals surface area contributed by atoms with Crippen LogP contribution in [0, 0.1) is 5.41 Å². The van der Waals surface area contributed by atoms with E-state index < -0.39 is 5.41 Å². The number of hydrogen-bond donors (Lipinski definition) is 2. The first-order valence-corrected chi connectivity index (χ1v) is 15.6. The van der Waals surface area contributed by atoms with Crippen LogP contribution < -0.4 is 5.73 Å². The van der Waals surface area contributed by atoms with Crippen molar-refractivity contribution in [1.29, 1.82) is 5.41 Å². The Balaban J connectivity index is 1.32. The molecule has 46 heavy (non-hydrogen) atoms. The van der Waals surface area contributed by atoms with E-state index in [1.165, 1.54) is 44.5 Å². The van der Waals surface area contributed by atoms with E-state index in [9.17, 15) is 5.41 Å². The summed E-state index contributed by atoms with van der Waals surface area (Å²) in [6, 6.07) is 55.6. The van der Waals surface area contributed by atoms with E-state index in [1.807, 2.05) is 36.4 Å². The summed E-state index contributed by atoms with van der Waals surface area (Å²) in [5.41, 5.74) is 19.8. The van der Waals surface area contributed by atoms with Gasteiger partial charge < -0.3 is 5.73 Å². The molecule has 3 N–H and O–H groups in total. The van der Waals surface area contributed by atoms with Gasteiger partial charge in [0.1, 0.15) is 5.84 Å². The third-order valence-corrected chi connectivity index (χ3v) is 9.77. The van der Waals surface area contributed by atoms with Gasteiger partial charge in [-0.3, -0.25) is 5.41 Å². The van der Waals surface area contributed by atoms with E-state index in [2.05, 4.69) is 126 Å². The zero-order valence-electron chi connectivity index (χ0n) is 25.0. The number of benzene rings is 7. The Morgan fingerprint density at radius 1 is 0.522 bits per heavy atom. The van der Waals surface area contributed by atoms with Crippen LogP contribution in [0.25, 0.3) is 44.2 Å². The van der Waals surface area contributed by atoms with E-state index in [4.69, 9.17) is 5.73 Å². The number of nitrogens with two attached hydrogens (primary N) is 1. The monoisotopic (exact) mass is 587 g/mol. The van der Waals surface area contributed by atoms with Gasteiger partial charge in [-0.1, -0.05) is 146 Å². The minimum Gasteiger partial charge on any atom is -0.383 e. The van der Waals surface area contributed by atoms with Crippen LogP contribution in [-0.2, 0) is 5.41 Å². The first-order valence-electron chi connectivity index (χ1n) is 15.6. The van der Waals surface area contributed by atoms with E-state index in [0.717, 1.165) is 33.0 Å². The fraction of sp³-hybridized carbons (Fsp3) is 0.0233. The molecule has 1 spiro atoms. The van der Waals surface area contributed by atoms with E-state index >= 15 is 0 Å². The molecule has 0 radical (unpaired) electrons. The standard InChI is InChI=1S/C43H29N3/c44-41(28-13-2-1-3-14-28)46-42(45)35-25-22-27-12-4-5-15-30(27)40(35)29-23-24-34-33-18-8-11-21-38(33)43(39(34)26-29)36-19-9-6-16-31(36)32-17-7-10-20-37(32)43/h1-26H,(H3,44,45,46). The van der Waals surface area contributed by atoms with Crippen molar-refractivity contribution in [3.63, 3.8) is 0 Å². The highest BCUT2D eigenvalue weighted by atomic mass is 14.9. The Morgan fingerprint density at radius 2 is 1.07 bits per heavy atom. The molecule has 9 rings (SSSR count). The summed E-state index contributed by atoms with van der Waals surface area (Å²) in [5, 5.41) is 11.4. The Kier molecular flexibility index (Phi) is 5.72. The van der Waals surface area contributed by atoms with Gasteiger partial charge >= 0.3 is 0 Å². The van der Waals surface area contributed by atoms with Crippen molar-refractivity contribution in [3.8, 4) is 33.4 Å². The van der Waals surface area contributed by atoms with Gasteiger partial charge in [0.25, 0.3) is 0 Å². The van der Waals surface area contributed by atoms with Crippen molar-refractivity contribution in [2.45, 2.75) is 5.41 Å². The van der Waals surface area contributed by atoms with Crippen molar-refractivity contribution < 1.29 is 0 Å². The number of fused-ring (bicyclic) bond motifs is 11. The predicted octanol–water partition coefficient (Wildman–Crippen LogP) is 9.58. The highest BCUT2D eigenvalue weighted by Crippen LogP contribution is 2.63. The highest BCUT2D eigenvalue weighted by molar-refractivity contribution is 6.16. The second-order valence-electron chi connectivity index (χ2n) is 12.1. The molecule has 0 heterocycles. The molecular formula is C43H29N3. The van der Waals surface area contributed by atoms with E-state index in [-0.39, 0.29) is 5.84 Å². The molecule has 0 atom stereocenters. The number of aliphatic imine (C=N–C) groups is 1. The first-order chi connectivity index (χ1) is 22.7. The largest absolute Gasteiger partial charge is 0.383 e. The average Bonchev–Trinajstić information content (AvgIpc) is 3.58. The van der Waals surface area contributed by atoms with Crippen molar-refractivity contribution in [1.82, 2.24) is 0 Å². The fourth-order valence-electron chi connectivity index (χ4n) is 7.88. The Morgan fingerprint density at radius 3 is 1.72 bits per heavy atom. The topological polar surface area (TPSA) is 62.2 Å². The molecule has 7 aromatic carbocycles. The second kappa shape index (κ2) is 9.98. The van der Waals surface area contributed by atoms with Crippen molar-refractivity contribution >= 4 is 22.4 Å². The summed E-state index contributed by atoms with van der Waals surface area (Å²) in [4.78, 5) is 4.62. The second-order valence-corrected chi connectivity index (χ2v) is 12.1. The number of nitrogens with zero attached hydrogens (tertiary/aromatic N) is 1. The summed E-state index contributed by atoms with van der Waals surface area (Å²) in [6.07, 6.45) is 0. The fourth-order valence-corrected chi connectivity index (χ4v) is 7.88. The van der Waals surface area contributed by atoms with E-state index in [0.29, 0.717) is 5.84 Å². The molecule has 0 bridgehead atoms. The zero-order valence-corrected chi connectivity index (χ0v) is 25.0. The van der Waals surface area contributed by atoms with E-state index in [1.54, 1.807) is 0 Å². The lowest BCUT2D eigenvalue weighted by atomic mass is 9.70. The highest BCUT2D eigenvalue weighted by Gasteiger charge is 2.51. The van der Waals surface area contributed by atoms with Gasteiger partial charge in [0.15, 0.2) is 5.84 Å². The number of nitrogens with one attached hydrogen (secondary N) is 1. The number of hydrogen-bond acceptors (Lipinski definition) is 1. The molecule has 3 heteroatoms. The summed E-state index contributed by atoms with van der Waals surface area (Å²) in [5.74, 6) is 0.462. The molecule has 2 aliphatic rings. The Bertz CT molecular complexity index is 2340. The minimum absolute atomic E-state index is 0.136. The molecule has 0 amide bonds. The minimum atomic E-state index is -0.441. The lowest BCUT2D eigenvalue weighted by molar-refractivity contribution is 0.794. The van der Waals surface area contributed by atoms with Gasteiger partial charge in [0.2, 0.25) is 0 Å². The van der Waals surface area contributed by atoms with Gasteiger partial charge in [0.05, 0.1) is 5.41 Å². The van der Waals surface area contributed by atoms with Crippen LogP contribution in [0.5, 0.6) is 0 Å². The first kappa shape index (κ1) is 26.4. The summed E-state index contributed by atoms with van der Waals surface area (Å²) >= 11 is 0. The Labute approximate surface area is 267 Å². The third-order valence-electron chi connectivity index (χ3n) is 9.77. The van der Waals surface area contributed by atoms with Crippen molar-refractivity contribution in [3.05, 3.63) is 191 Å². The van der Waals surface area contributed by atoms with Crippen LogP contribution in [0.2, 0.25) is 0 Å². The SMILES string of the molecule is N=C(N=C(N)c1ccccc1)c1ccc2ccccc2c1-c1ccc2c(c1)C1(c3ccccc3-c3ccccc31)c1ccccc1-2. The van der Waals surface area contributed by atoms with Crippen LogP contribution >= 0.6 is 0 Å². The summed E-state index contributed by atoms with van der Waals surface area (Å²) in [7, 11) is 0. The number of rotatable bonds is 3. The molecule has 216 valence electrons. The van der Waals surface area contributed by atoms with Crippen molar-refractivity contribution in [2.24, 2.45) is 10.7 Å². The van der Waals surface area contributed by atoms with Crippen LogP contribution in [-0.4, -0.2) is 11.7 Å². The molecule has 0 fully saturated rings. The normalized spacial score (nSPS) is 13.7. The Hall–Kier alpha value is -6.06. The maximum Gasteiger partial charge on any atom is 0.154 e. The van der Waals surface area contributed by atoms with Gasteiger partial charge in [-0.05, 0) is 73.0 Å². The summed E-state index contributed by atoms with van der Waals surface area (Å²) < 4.78 is 0. The van der Waals surface area contributed by atoms with Gasteiger partial charge in [-0.15, -0.1) is 0 Å². The molecular weight excluding hydrogens is 558 g/mol. The van der Waals surface area contributed by atoms with Crippen molar-refractivity contribution in [2.75, 3.05) is 0 Å². The van der Waals surface area contributed by atoms with Gasteiger partial charge in [-0.25, -0.2) is 4.99 Å². The van der Waals surface area contributed by atoms with Gasteiger partial charge in [-0.2, -0.15) is 0 Å². The van der Waals surface area contributed by atoms with Crippen LogP contribution in [0.3, 0.4) is 0 Å². The van der Waals surface area contributed by atoms with Crippen LogP contribution in [0.1, 0.15) is 33.4 Å². The number of amidine groups is 2. The lowest BCUT2D eigenvalue weighted by Crippen LogP contribution is -2.25. The maximum atomic E-state index is 9.22. The molecule has 0 saturated heterocycles. The van der Waals surface area contributed by atoms with Gasteiger partial charge in [0, 0.05) is 16.7 Å². The van der Waals surface area contributed by atoms with Crippen LogP contribution in [0.4, 0.5) is 0 Å². The molecule has 0 aromatic heterocycles. The zero-order chi connectivity index (χ0) is 30.8. The molecule has 3 nitrogen and oxygen atoms in total. The maximum absolute atomic E-state index is 9.22. The molecule has 2 aliphatic carbocycles. The lowest BCUT2D eigenvalue weighted by Gasteiger charge is -2.30. The quantitative estimate of drug-likeness (QED) is 0.157. The molecule has 0 saturated carbocycles. The molecule has 7 aromatic rings. The molecule has 0 unspecified atom stereocenters.